The summed E-state index contributed by atoms with van der Waals surface area (Å²) in [5.74, 6) is -2.27. The number of allylic oxidation sites excluding steroid dienone is 28. The lowest BCUT2D eigenvalue weighted by Crippen LogP contribution is -2.30. The molecular weight excluding hydrogens is 1380 g/mol. The van der Waals surface area contributed by atoms with Gasteiger partial charge in [0.1, 0.15) is 19.3 Å². The summed E-state index contributed by atoms with van der Waals surface area (Å²) in [5, 5.41) is 10.7. The molecule has 0 aliphatic rings. The molecule has 0 heterocycles. The molecule has 0 saturated carbocycles. The van der Waals surface area contributed by atoms with Crippen molar-refractivity contribution in [3.8, 4) is 0 Å². The average Bonchev–Trinajstić information content (AvgIpc) is 0.903. The fourth-order valence-corrected chi connectivity index (χ4v) is 11.7. The van der Waals surface area contributed by atoms with Gasteiger partial charge in [-0.25, -0.2) is 9.13 Å². The van der Waals surface area contributed by atoms with Crippen molar-refractivity contribution in [3.63, 3.8) is 0 Å². The second kappa shape index (κ2) is 77.6. The first kappa shape index (κ1) is 100. The Kier molecular flexibility index (Phi) is 73.5. The molecule has 0 rings (SSSR count). The monoisotopic (exact) mass is 1520 g/mol. The number of hydrogen-bond donors (Lipinski definition) is 3. The normalized spacial score (nSPS) is 14.7. The molecule has 0 fully saturated rings. The van der Waals surface area contributed by atoms with Crippen molar-refractivity contribution in [2.45, 2.75) is 316 Å². The molecule has 19 heteroatoms. The van der Waals surface area contributed by atoms with E-state index in [2.05, 4.69) is 198 Å². The van der Waals surface area contributed by atoms with Crippen molar-refractivity contribution < 1.29 is 80.2 Å². The second-order valence-corrected chi connectivity index (χ2v) is 29.1. The van der Waals surface area contributed by atoms with Crippen molar-refractivity contribution in [2.24, 2.45) is 0 Å². The van der Waals surface area contributed by atoms with Crippen LogP contribution in [0.4, 0.5) is 0 Å². The minimum atomic E-state index is -5.00. The van der Waals surface area contributed by atoms with Gasteiger partial charge in [0.15, 0.2) is 12.2 Å². The summed E-state index contributed by atoms with van der Waals surface area (Å²) in [6, 6.07) is 0. The Bertz CT molecular complexity index is 2680. The van der Waals surface area contributed by atoms with Gasteiger partial charge in [-0.3, -0.25) is 37.3 Å². The van der Waals surface area contributed by atoms with Crippen LogP contribution in [0, 0.1) is 0 Å². The van der Waals surface area contributed by atoms with Crippen molar-refractivity contribution in [2.75, 3.05) is 39.6 Å². The van der Waals surface area contributed by atoms with Gasteiger partial charge in [0.25, 0.3) is 0 Å². The maximum Gasteiger partial charge on any atom is 0.472 e. The molecule has 3 N–H and O–H groups in total. The van der Waals surface area contributed by atoms with Crippen LogP contribution in [-0.4, -0.2) is 96.7 Å². The third-order valence-corrected chi connectivity index (χ3v) is 18.0. The van der Waals surface area contributed by atoms with Gasteiger partial charge in [0.05, 0.1) is 26.4 Å². The van der Waals surface area contributed by atoms with Gasteiger partial charge in [0.2, 0.25) is 0 Å². The van der Waals surface area contributed by atoms with E-state index < -0.39 is 97.5 Å². The molecule has 0 aromatic rings. The Morgan fingerprint density at radius 2 is 0.491 bits per heavy atom. The number of carbonyl (C=O) groups excluding carboxylic acids is 4. The molecule has 0 aliphatic heterocycles. The van der Waals surface area contributed by atoms with Crippen LogP contribution in [-0.2, 0) is 65.4 Å². The first-order valence-corrected chi connectivity index (χ1v) is 43.4. The lowest BCUT2D eigenvalue weighted by Gasteiger charge is -2.21. The molecule has 0 spiro atoms. The summed E-state index contributed by atoms with van der Waals surface area (Å²) in [6.07, 6.45) is 91.8. The number of ether oxygens (including phenoxy) is 4. The highest BCUT2D eigenvalue weighted by Crippen LogP contribution is 2.45. The Hall–Kier alpha value is -5.58. The van der Waals surface area contributed by atoms with Crippen LogP contribution in [0.15, 0.2) is 170 Å². The zero-order valence-electron chi connectivity index (χ0n) is 65.8. The Balaban J connectivity index is 5.44. The number of aliphatic hydroxyl groups excluding tert-OH is 1. The molecule has 0 aliphatic carbocycles. The van der Waals surface area contributed by atoms with Crippen molar-refractivity contribution in [1.82, 2.24) is 0 Å². The molecule has 106 heavy (non-hydrogen) atoms. The number of rotatable bonds is 74. The molecule has 602 valence electrons. The maximum absolute atomic E-state index is 13.1. The molecule has 17 nitrogen and oxygen atoms in total. The first-order chi connectivity index (χ1) is 51.7. The van der Waals surface area contributed by atoms with E-state index in [0.717, 1.165) is 218 Å². The van der Waals surface area contributed by atoms with E-state index in [-0.39, 0.29) is 25.7 Å². The zero-order chi connectivity index (χ0) is 77.4. The summed E-state index contributed by atoms with van der Waals surface area (Å²) in [7, 11) is -10.00. The molecule has 0 amide bonds. The molecule has 0 aromatic carbocycles. The predicted octanol–water partition coefficient (Wildman–Crippen LogP) is 23.8. The third kappa shape index (κ3) is 76.6. The molecule has 0 aromatic heterocycles. The minimum absolute atomic E-state index is 0.0642. The lowest BCUT2D eigenvalue weighted by atomic mass is 10.1. The number of phosphoric ester groups is 2. The maximum atomic E-state index is 13.1. The van der Waals surface area contributed by atoms with Crippen molar-refractivity contribution >= 4 is 39.5 Å². The first-order valence-electron chi connectivity index (χ1n) is 40.4. The highest BCUT2D eigenvalue weighted by Gasteiger charge is 2.30. The highest BCUT2D eigenvalue weighted by molar-refractivity contribution is 7.47. The number of unbranched alkanes of at least 4 members (excludes halogenated alkanes) is 20. The van der Waals surface area contributed by atoms with Crippen molar-refractivity contribution in [3.05, 3.63) is 170 Å². The largest absolute Gasteiger partial charge is 0.472 e. The van der Waals surface area contributed by atoms with E-state index in [1.165, 1.54) is 0 Å². The predicted molar refractivity (Wildman–Crippen MR) is 436 cm³/mol. The summed E-state index contributed by atoms with van der Waals surface area (Å²) < 4.78 is 68.6. The Morgan fingerprint density at radius 1 is 0.274 bits per heavy atom. The van der Waals surface area contributed by atoms with E-state index >= 15 is 0 Å². The summed E-state index contributed by atoms with van der Waals surface area (Å²) in [6.45, 7) is 4.37. The van der Waals surface area contributed by atoms with Crippen LogP contribution >= 0.6 is 15.6 Å². The van der Waals surface area contributed by atoms with Gasteiger partial charge >= 0.3 is 39.5 Å². The number of phosphoric acid groups is 2. The fraction of sp³-hybridized carbons (Fsp3) is 0.632. The van der Waals surface area contributed by atoms with E-state index in [0.29, 0.717) is 25.7 Å². The van der Waals surface area contributed by atoms with E-state index in [1.807, 2.05) is 0 Å². The lowest BCUT2D eigenvalue weighted by molar-refractivity contribution is -0.161. The smallest absolute Gasteiger partial charge is 0.462 e. The van der Waals surface area contributed by atoms with E-state index in [1.54, 1.807) is 0 Å². The molecule has 0 saturated heterocycles. The van der Waals surface area contributed by atoms with Crippen LogP contribution in [0.3, 0.4) is 0 Å². The van der Waals surface area contributed by atoms with Gasteiger partial charge in [-0.15, -0.1) is 0 Å². The van der Waals surface area contributed by atoms with Gasteiger partial charge in [-0.1, -0.05) is 275 Å². The molecule has 0 radical (unpaired) electrons. The van der Waals surface area contributed by atoms with Gasteiger partial charge in [-0.2, -0.15) is 0 Å². The van der Waals surface area contributed by atoms with Crippen LogP contribution in [0.25, 0.3) is 0 Å². The zero-order valence-corrected chi connectivity index (χ0v) is 67.6. The van der Waals surface area contributed by atoms with Crippen LogP contribution in [0.5, 0.6) is 0 Å². The Labute approximate surface area is 642 Å². The quantitative estimate of drug-likeness (QED) is 0.0169. The minimum Gasteiger partial charge on any atom is -0.462 e. The van der Waals surface area contributed by atoms with Crippen molar-refractivity contribution in [1.29, 1.82) is 0 Å². The van der Waals surface area contributed by atoms with E-state index in [4.69, 9.17) is 37.0 Å². The third-order valence-electron chi connectivity index (χ3n) is 16.1. The average molecular weight is 1520 g/mol. The number of carbonyl (C=O) groups is 4. The van der Waals surface area contributed by atoms with Crippen LogP contribution in [0.2, 0.25) is 0 Å². The molecular formula is C87H142O17P2. The summed E-state index contributed by atoms with van der Waals surface area (Å²) in [4.78, 5) is 73.1. The SMILES string of the molecule is CC/C=C\C/C=C\C/C=C\C/C=C\C/C=C\CCCCCC(=O)OCC(COP(=O)(O)OCC(O)COP(=O)(O)OCC(COC(=O)CCCCCCC/C=C\C/C=C\C/C=C\CC)OC(=O)CCCCCCC/C=C\C/C=C\CCC)OC(=O)CCCCCCCC/C=C\C/C=C\C/C=C\C/C=C\CC. The second-order valence-electron chi connectivity index (χ2n) is 26.2. The molecule has 5 atom stereocenters. The summed E-state index contributed by atoms with van der Waals surface area (Å²) >= 11 is 0. The van der Waals surface area contributed by atoms with Gasteiger partial charge in [0, 0.05) is 25.7 Å². The van der Waals surface area contributed by atoms with Gasteiger partial charge in [-0.05, 0) is 167 Å². The standard InChI is InChI=1S/C87H142O17P2/c1-5-9-13-17-21-25-29-33-36-38-40-42-45-49-52-56-60-64-68-72-85(90)98-78-83(104-87(92)74-70-66-62-58-54-50-46-43-41-39-37-34-30-26-22-18-14-10-6-2)80-102-106(95,96)100-76-81(88)75-99-105(93,94)101-79-82(103-86(91)73-69-65-61-57-53-47-32-28-24-20-16-12-8-4)77-97-84(89)71-67-63-59-55-51-48-44-35-31-27-23-19-15-11-7-3/h9-11,13-16,20-23,25-28,32-37,40-44,49,52,81-83,88H,5-8,12,17-19,24,29-31,38-39,45-48,50-51,53-80H2,1-4H3,(H,93,94)(H,95,96)/b13-9-,14-10-,15-11-,20-16-,25-21-,26-22-,27-23-,32-28-,36-33-,37-34-,42-40-,43-41-,44-35-,52-49-. The van der Waals surface area contributed by atoms with Gasteiger partial charge < -0.3 is 33.8 Å². The molecule has 0 bridgehead atoms. The Morgan fingerprint density at radius 3 is 0.764 bits per heavy atom. The molecule has 5 unspecified atom stereocenters. The number of hydrogen-bond acceptors (Lipinski definition) is 15. The topological polar surface area (TPSA) is 237 Å². The fourth-order valence-electron chi connectivity index (χ4n) is 10.1. The highest BCUT2D eigenvalue weighted by atomic mass is 31.2. The number of esters is 4. The van der Waals surface area contributed by atoms with E-state index in [9.17, 15) is 43.2 Å². The number of aliphatic hydroxyl groups is 1. The van der Waals surface area contributed by atoms with Crippen LogP contribution in [0.1, 0.15) is 297 Å². The van der Waals surface area contributed by atoms with Crippen LogP contribution < -0.4 is 0 Å². The summed E-state index contributed by atoms with van der Waals surface area (Å²) in [5.41, 5.74) is 0.